The van der Waals surface area contributed by atoms with Gasteiger partial charge < -0.3 is 5.32 Å². The quantitative estimate of drug-likeness (QED) is 0.501. The predicted molar refractivity (Wildman–Crippen MR) is 111 cm³/mol. The maximum absolute atomic E-state index is 13.4. The molecule has 3 aromatic carbocycles. The summed E-state index contributed by atoms with van der Waals surface area (Å²) in [5.41, 5.74) is 2.65. The van der Waals surface area contributed by atoms with Gasteiger partial charge >= 0.3 is 0 Å². The van der Waals surface area contributed by atoms with Gasteiger partial charge in [-0.15, -0.1) is 5.10 Å². The molecule has 29 heavy (non-hydrogen) atoms. The average Bonchev–Trinajstić information content (AvgIpc) is 3.16. The van der Waals surface area contributed by atoms with Gasteiger partial charge in [0.25, 0.3) is 5.91 Å². The molecular formula is C22H16ClFN4O. The van der Waals surface area contributed by atoms with Gasteiger partial charge in [0, 0.05) is 16.3 Å². The van der Waals surface area contributed by atoms with E-state index >= 15 is 0 Å². The topological polar surface area (TPSA) is 59.8 Å². The Kier molecular flexibility index (Phi) is 5.10. The van der Waals surface area contributed by atoms with Gasteiger partial charge in [0.2, 0.25) is 5.82 Å². The molecule has 0 saturated carbocycles. The zero-order valence-electron chi connectivity index (χ0n) is 15.4. The fourth-order valence-corrected chi connectivity index (χ4v) is 3.10. The van der Waals surface area contributed by atoms with Crippen LogP contribution in [0.3, 0.4) is 0 Å². The first-order chi connectivity index (χ1) is 14.0. The highest BCUT2D eigenvalue weighted by Crippen LogP contribution is 2.27. The number of benzene rings is 3. The zero-order valence-corrected chi connectivity index (χ0v) is 16.2. The molecule has 7 heteroatoms. The molecule has 4 rings (SSSR count). The molecule has 0 spiro atoms. The van der Waals surface area contributed by atoms with E-state index in [0.717, 1.165) is 11.1 Å². The van der Waals surface area contributed by atoms with E-state index in [0.29, 0.717) is 22.2 Å². The summed E-state index contributed by atoms with van der Waals surface area (Å²) < 4.78 is 15.0. The van der Waals surface area contributed by atoms with Gasteiger partial charge in [0.15, 0.2) is 5.82 Å². The Bertz CT molecular complexity index is 1190. The third-order valence-corrected chi connectivity index (χ3v) is 4.80. The second-order valence-corrected chi connectivity index (χ2v) is 6.79. The molecule has 0 saturated heterocycles. The summed E-state index contributed by atoms with van der Waals surface area (Å²) in [5, 5.41) is 7.63. The molecule has 5 nitrogen and oxygen atoms in total. The van der Waals surface area contributed by atoms with E-state index in [1.165, 1.54) is 18.2 Å². The van der Waals surface area contributed by atoms with Gasteiger partial charge in [-0.2, -0.15) is 0 Å². The normalized spacial score (nSPS) is 10.7. The van der Waals surface area contributed by atoms with Crippen LogP contribution < -0.4 is 5.32 Å². The van der Waals surface area contributed by atoms with Crippen molar-refractivity contribution in [2.24, 2.45) is 0 Å². The monoisotopic (exact) mass is 406 g/mol. The van der Waals surface area contributed by atoms with Crippen LogP contribution in [0.1, 0.15) is 16.2 Å². The third-order valence-electron chi connectivity index (χ3n) is 4.39. The van der Waals surface area contributed by atoms with Crippen LogP contribution in [0.25, 0.3) is 17.1 Å². The van der Waals surface area contributed by atoms with Crippen LogP contribution in [-0.4, -0.2) is 20.7 Å². The maximum Gasteiger partial charge on any atom is 0.295 e. The Hall–Kier alpha value is -3.51. The predicted octanol–water partition coefficient (Wildman–Crippen LogP) is 5.29. The van der Waals surface area contributed by atoms with E-state index in [1.807, 2.05) is 49.4 Å². The van der Waals surface area contributed by atoms with Crippen molar-refractivity contribution in [1.29, 1.82) is 0 Å². The molecule has 1 amide bonds. The highest BCUT2D eigenvalue weighted by atomic mass is 35.5. The van der Waals surface area contributed by atoms with Crippen LogP contribution in [0.5, 0.6) is 0 Å². The smallest absolute Gasteiger partial charge is 0.295 e. The Morgan fingerprint density at radius 2 is 1.79 bits per heavy atom. The molecule has 0 bridgehead atoms. The summed E-state index contributed by atoms with van der Waals surface area (Å²) in [6.07, 6.45) is 0. The van der Waals surface area contributed by atoms with E-state index in [4.69, 9.17) is 11.6 Å². The number of carbonyl (C=O) groups is 1. The molecule has 0 radical (unpaired) electrons. The molecule has 1 heterocycles. The fourth-order valence-electron chi connectivity index (χ4n) is 2.93. The highest BCUT2D eigenvalue weighted by molar-refractivity contribution is 6.31. The maximum atomic E-state index is 13.4. The number of hydrogen-bond acceptors (Lipinski definition) is 3. The second-order valence-electron chi connectivity index (χ2n) is 6.39. The van der Waals surface area contributed by atoms with Crippen LogP contribution >= 0.6 is 11.6 Å². The van der Waals surface area contributed by atoms with Crippen molar-refractivity contribution in [2.45, 2.75) is 6.92 Å². The van der Waals surface area contributed by atoms with Crippen LogP contribution in [0, 0.1) is 12.7 Å². The van der Waals surface area contributed by atoms with Gasteiger partial charge in [0.1, 0.15) is 5.82 Å². The van der Waals surface area contributed by atoms with E-state index in [1.54, 1.807) is 16.8 Å². The summed E-state index contributed by atoms with van der Waals surface area (Å²) in [6.45, 7) is 1.88. The van der Waals surface area contributed by atoms with Crippen molar-refractivity contribution in [3.05, 3.63) is 95.0 Å². The van der Waals surface area contributed by atoms with Gasteiger partial charge in [-0.3, -0.25) is 4.79 Å². The van der Waals surface area contributed by atoms with Crippen molar-refractivity contribution < 1.29 is 9.18 Å². The molecule has 0 fully saturated rings. The Morgan fingerprint density at radius 1 is 1.03 bits per heavy atom. The minimum atomic E-state index is -0.536. The Morgan fingerprint density at radius 3 is 2.55 bits per heavy atom. The second kappa shape index (κ2) is 7.85. The van der Waals surface area contributed by atoms with Gasteiger partial charge in [0.05, 0.1) is 5.69 Å². The first kappa shape index (κ1) is 18.8. The van der Waals surface area contributed by atoms with Crippen molar-refractivity contribution in [3.63, 3.8) is 0 Å². The molecule has 0 aliphatic rings. The molecule has 1 aromatic heterocycles. The molecule has 0 aliphatic carbocycles. The molecule has 0 unspecified atom stereocenters. The van der Waals surface area contributed by atoms with Crippen LogP contribution in [0.2, 0.25) is 5.02 Å². The molecule has 0 aliphatic heterocycles. The average molecular weight is 407 g/mol. The number of rotatable bonds is 4. The fraction of sp³-hybridized carbons (Fsp3) is 0.0455. The molecule has 144 valence electrons. The number of hydrogen-bond donors (Lipinski definition) is 1. The van der Waals surface area contributed by atoms with Crippen LogP contribution in [0.4, 0.5) is 10.1 Å². The zero-order chi connectivity index (χ0) is 20.4. The van der Waals surface area contributed by atoms with Crippen molar-refractivity contribution in [1.82, 2.24) is 14.8 Å². The number of anilines is 1. The molecular weight excluding hydrogens is 391 g/mol. The number of nitrogens with zero attached hydrogens (tertiary/aromatic N) is 3. The summed E-state index contributed by atoms with van der Waals surface area (Å²) in [6, 6.07) is 20.5. The lowest BCUT2D eigenvalue weighted by atomic mass is 10.2. The van der Waals surface area contributed by atoms with Crippen LogP contribution in [0.15, 0.2) is 72.8 Å². The van der Waals surface area contributed by atoms with Crippen LogP contribution in [-0.2, 0) is 0 Å². The number of amides is 1. The van der Waals surface area contributed by atoms with E-state index < -0.39 is 11.7 Å². The molecule has 4 aromatic rings. The largest absolute Gasteiger partial charge is 0.319 e. The minimum absolute atomic E-state index is 0.0347. The lowest BCUT2D eigenvalue weighted by molar-refractivity contribution is 0.101. The SMILES string of the molecule is Cc1c(Cl)cccc1-n1nc(C(=O)Nc2cccc(F)c2)nc1-c1ccccc1. The summed E-state index contributed by atoms with van der Waals surface area (Å²) >= 11 is 6.28. The first-order valence-electron chi connectivity index (χ1n) is 8.88. The van der Waals surface area contributed by atoms with Gasteiger partial charge in [-0.25, -0.2) is 14.1 Å². The van der Waals surface area contributed by atoms with Crippen molar-refractivity contribution in [3.8, 4) is 17.1 Å². The highest BCUT2D eigenvalue weighted by Gasteiger charge is 2.20. The van der Waals surface area contributed by atoms with Gasteiger partial charge in [-0.05, 0) is 42.8 Å². The molecule has 0 atom stereocenters. The number of aromatic nitrogens is 3. The Balaban J connectivity index is 1.79. The lowest BCUT2D eigenvalue weighted by Crippen LogP contribution is -2.14. The minimum Gasteiger partial charge on any atom is -0.319 e. The number of carbonyl (C=O) groups excluding carboxylic acids is 1. The van der Waals surface area contributed by atoms with Gasteiger partial charge in [-0.1, -0.05) is 54.1 Å². The first-order valence-corrected chi connectivity index (χ1v) is 9.25. The number of nitrogens with one attached hydrogen (secondary N) is 1. The molecule has 1 N–H and O–H groups in total. The van der Waals surface area contributed by atoms with E-state index in [2.05, 4.69) is 15.4 Å². The summed E-state index contributed by atoms with van der Waals surface area (Å²) in [4.78, 5) is 17.2. The van der Waals surface area contributed by atoms with Crippen molar-refractivity contribution in [2.75, 3.05) is 5.32 Å². The Labute approximate surface area is 171 Å². The summed E-state index contributed by atoms with van der Waals surface area (Å²) in [7, 11) is 0. The number of halogens is 2. The standard InChI is InChI=1S/C22H16ClFN4O/c1-14-18(23)11-6-12-19(14)28-21(15-7-3-2-4-8-15)26-20(27-28)22(29)25-17-10-5-9-16(24)13-17/h2-13H,1H3,(H,25,29). The third kappa shape index (κ3) is 3.88. The van der Waals surface area contributed by atoms with E-state index in [-0.39, 0.29) is 5.82 Å². The van der Waals surface area contributed by atoms with E-state index in [9.17, 15) is 9.18 Å². The lowest BCUT2D eigenvalue weighted by Gasteiger charge is -2.10. The summed E-state index contributed by atoms with van der Waals surface area (Å²) in [5.74, 6) is -0.514. The van der Waals surface area contributed by atoms with Crippen molar-refractivity contribution >= 4 is 23.2 Å².